The lowest BCUT2D eigenvalue weighted by Gasteiger charge is -2.37. The van der Waals surface area contributed by atoms with E-state index in [-0.39, 0.29) is 11.8 Å². The summed E-state index contributed by atoms with van der Waals surface area (Å²) >= 11 is 0. The number of likely N-dealkylation sites (tertiary alicyclic amines) is 1. The second kappa shape index (κ2) is 12.1. The van der Waals surface area contributed by atoms with Gasteiger partial charge < -0.3 is 30.1 Å². The molecule has 47 heavy (non-hydrogen) atoms. The Kier molecular flexibility index (Phi) is 7.98. The molecule has 3 saturated heterocycles. The maximum absolute atomic E-state index is 14.8. The average molecular weight is 634 g/mol. The minimum atomic E-state index is -1.25. The molecule has 1 spiro atoms. The van der Waals surface area contributed by atoms with Crippen LogP contribution < -0.4 is 15.4 Å². The van der Waals surface area contributed by atoms with Gasteiger partial charge in [-0.2, -0.15) is 0 Å². The highest BCUT2D eigenvalue weighted by Gasteiger charge is 2.79. The molecule has 4 aromatic rings. The standard InChI is InChI=1S/C38H39N3O6/c1-3-37-20-21-38(47-37)32(31(37)34(43)39-27-16-18-29(19-17-27)46-4-2)36(45)41(30(23-42)25-11-6-5-7-12-25)33(38)35(44)40-28-15-14-24-10-8-9-13-26(24)22-28/h5-19,22,30-33,42H,3-4,20-21,23H2,1-2H3,(H,39,43)(H,40,44)/t30-,31+,32+,33?,37-,38?/m1/s1. The number of rotatable bonds is 10. The molecular formula is C38H39N3O6. The molecule has 3 aliphatic rings. The number of carbonyl (C=O) groups excluding carboxylic acids is 3. The van der Waals surface area contributed by atoms with Crippen molar-refractivity contribution in [2.75, 3.05) is 23.8 Å². The monoisotopic (exact) mass is 633 g/mol. The highest BCUT2D eigenvalue weighted by Crippen LogP contribution is 2.65. The van der Waals surface area contributed by atoms with Crippen molar-refractivity contribution in [1.29, 1.82) is 0 Å². The highest BCUT2D eigenvalue weighted by molar-refractivity contribution is 6.06. The number of hydrogen-bond acceptors (Lipinski definition) is 6. The summed E-state index contributed by atoms with van der Waals surface area (Å²) in [6.45, 7) is 3.99. The fourth-order valence-corrected chi connectivity index (χ4v) is 8.22. The first-order chi connectivity index (χ1) is 22.8. The normalized spacial score (nSPS) is 26.7. The molecule has 3 heterocycles. The molecule has 3 amide bonds. The Bertz CT molecular complexity index is 1810. The van der Waals surface area contributed by atoms with Gasteiger partial charge in [-0.25, -0.2) is 0 Å². The fraction of sp³-hybridized carbons (Fsp3) is 0.342. The number of nitrogens with zero attached hydrogens (tertiary/aromatic N) is 1. The third-order valence-electron chi connectivity index (χ3n) is 10.3. The minimum absolute atomic E-state index is 0.327. The van der Waals surface area contributed by atoms with Crippen molar-refractivity contribution in [2.45, 2.75) is 56.4 Å². The summed E-state index contributed by atoms with van der Waals surface area (Å²) in [5.74, 6) is -2.17. The van der Waals surface area contributed by atoms with Crippen LogP contribution in [0, 0.1) is 11.8 Å². The largest absolute Gasteiger partial charge is 0.494 e. The van der Waals surface area contributed by atoms with Crippen molar-refractivity contribution in [2.24, 2.45) is 11.8 Å². The van der Waals surface area contributed by atoms with E-state index in [0.29, 0.717) is 48.6 Å². The molecule has 0 radical (unpaired) electrons. The number of aliphatic hydroxyl groups excluding tert-OH is 1. The molecular weight excluding hydrogens is 594 g/mol. The molecule has 9 nitrogen and oxygen atoms in total. The van der Waals surface area contributed by atoms with Crippen molar-refractivity contribution >= 4 is 39.9 Å². The Morgan fingerprint density at radius 2 is 1.57 bits per heavy atom. The van der Waals surface area contributed by atoms with Gasteiger partial charge in [-0.3, -0.25) is 14.4 Å². The van der Waals surface area contributed by atoms with Gasteiger partial charge in [0.15, 0.2) is 0 Å². The lowest BCUT2D eigenvalue weighted by molar-refractivity contribution is -0.148. The van der Waals surface area contributed by atoms with Crippen LogP contribution in [0.5, 0.6) is 5.75 Å². The smallest absolute Gasteiger partial charge is 0.250 e. The zero-order valence-corrected chi connectivity index (χ0v) is 26.5. The SMILES string of the molecule is CCOc1ccc(NC(=O)[C@@H]2[C@H]3C(=O)N([C@H](CO)c4ccccc4)C(C(=O)Nc4ccc5ccccc5c4)C34CC[C@@]2(CC)O4)cc1. The molecule has 9 heteroatoms. The molecule has 2 unspecified atom stereocenters. The topological polar surface area (TPSA) is 117 Å². The summed E-state index contributed by atoms with van der Waals surface area (Å²) in [5.41, 5.74) is -0.309. The van der Waals surface area contributed by atoms with E-state index in [1.807, 2.05) is 86.6 Å². The molecule has 0 aromatic heterocycles. The molecule has 2 bridgehead atoms. The molecule has 242 valence electrons. The van der Waals surface area contributed by atoms with Crippen LogP contribution in [0.3, 0.4) is 0 Å². The zero-order chi connectivity index (χ0) is 32.8. The van der Waals surface area contributed by atoms with Gasteiger partial charge in [-0.1, -0.05) is 67.6 Å². The van der Waals surface area contributed by atoms with E-state index < -0.39 is 47.6 Å². The first kappa shape index (κ1) is 30.9. The van der Waals surface area contributed by atoms with E-state index in [4.69, 9.17) is 9.47 Å². The number of ether oxygens (including phenoxy) is 2. The molecule has 6 atom stereocenters. The highest BCUT2D eigenvalue weighted by atomic mass is 16.5. The Morgan fingerprint density at radius 1 is 0.894 bits per heavy atom. The van der Waals surface area contributed by atoms with Gasteiger partial charge in [0.25, 0.3) is 0 Å². The Labute approximate surface area is 273 Å². The van der Waals surface area contributed by atoms with Crippen LogP contribution in [0.1, 0.15) is 44.7 Å². The second-order valence-electron chi connectivity index (χ2n) is 12.7. The average Bonchev–Trinajstić information content (AvgIpc) is 3.70. The number of hydrogen-bond donors (Lipinski definition) is 3. The predicted molar refractivity (Wildman–Crippen MR) is 179 cm³/mol. The number of nitrogens with one attached hydrogen (secondary N) is 2. The number of aliphatic hydroxyl groups is 1. The van der Waals surface area contributed by atoms with Crippen LogP contribution in [0.2, 0.25) is 0 Å². The van der Waals surface area contributed by atoms with E-state index in [2.05, 4.69) is 10.6 Å². The third-order valence-corrected chi connectivity index (χ3v) is 10.3. The van der Waals surface area contributed by atoms with Gasteiger partial charge in [0.1, 0.15) is 17.4 Å². The van der Waals surface area contributed by atoms with Crippen LogP contribution >= 0.6 is 0 Å². The van der Waals surface area contributed by atoms with Gasteiger partial charge in [-0.15, -0.1) is 0 Å². The van der Waals surface area contributed by atoms with Crippen molar-refractivity contribution in [1.82, 2.24) is 4.90 Å². The van der Waals surface area contributed by atoms with E-state index in [1.165, 1.54) is 4.90 Å². The molecule has 3 N–H and O–H groups in total. The van der Waals surface area contributed by atoms with E-state index >= 15 is 0 Å². The van der Waals surface area contributed by atoms with Crippen LogP contribution in [0.25, 0.3) is 10.8 Å². The maximum atomic E-state index is 14.8. The summed E-state index contributed by atoms with van der Waals surface area (Å²) < 4.78 is 12.5. The van der Waals surface area contributed by atoms with Gasteiger partial charge in [-0.05, 0) is 78.9 Å². The van der Waals surface area contributed by atoms with Crippen LogP contribution in [0.4, 0.5) is 11.4 Å². The van der Waals surface area contributed by atoms with Crippen molar-refractivity contribution in [3.8, 4) is 5.75 Å². The zero-order valence-electron chi connectivity index (χ0n) is 26.5. The van der Waals surface area contributed by atoms with Crippen LogP contribution in [-0.4, -0.2) is 58.2 Å². The molecule has 3 aliphatic heterocycles. The first-order valence-electron chi connectivity index (χ1n) is 16.4. The number of benzene rings is 4. The van der Waals surface area contributed by atoms with Gasteiger partial charge in [0.2, 0.25) is 17.7 Å². The van der Waals surface area contributed by atoms with Crippen LogP contribution in [0.15, 0.2) is 97.1 Å². The maximum Gasteiger partial charge on any atom is 0.250 e. The third kappa shape index (κ3) is 5.05. The number of fused-ring (bicyclic) bond motifs is 2. The van der Waals surface area contributed by atoms with Crippen molar-refractivity contribution in [3.63, 3.8) is 0 Å². The lowest BCUT2D eigenvalue weighted by Crippen LogP contribution is -2.54. The Hall–Kier alpha value is -4.73. The van der Waals surface area contributed by atoms with Gasteiger partial charge in [0, 0.05) is 11.4 Å². The Balaban J connectivity index is 1.28. The second-order valence-corrected chi connectivity index (χ2v) is 12.7. The van der Waals surface area contributed by atoms with Crippen LogP contribution in [-0.2, 0) is 19.1 Å². The van der Waals surface area contributed by atoms with Gasteiger partial charge in [0.05, 0.1) is 36.7 Å². The summed E-state index contributed by atoms with van der Waals surface area (Å²) in [4.78, 5) is 45.1. The van der Waals surface area contributed by atoms with Crippen molar-refractivity contribution < 1.29 is 29.0 Å². The van der Waals surface area contributed by atoms with Crippen molar-refractivity contribution in [3.05, 3.63) is 103 Å². The number of amides is 3. The van der Waals surface area contributed by atoms with E-state index in [9.17, 15) is 19.5 Å². The molecule has 0 aliphatic carbocycles. The molecule has 7 rings (SSSR count). The predicted octanol–water partition coefficient (Wildman–Crippen LogP) is 5.70. The van der Waals surface area contributed by atoms with E-state index in [1.54, 1.807) is 24.3 Å². The summed E-state index contributed by atoms with van der Waals surface area (Å²) in [6.07, 6.45) is 1.46. The number of anilines is 2. The molecule has 4 aromatic carbocycles. The van der Waals surface area contributed by atoms with E-state index in [0.717, 1.165) is 10.8 Å². The summed E-state index contributed by atoms with van der Waals surface area (Å²) in [5, 5.41) is 18.9. The summed E-state index contributed by atoms with van der Waals surface area (Å²) in [6, 6.07) is 28.0. The first-order valence-corrected chi connectivity index (χ1v) is 16.4. The number of carbonyl (C=O) groups is 3. The molecule has 3 fully saturated rings. The lowest BCUT2D eigenvalue weighted by atomic mass is 9.65. The van der Waals surface area contributed by atoms with Gasteiger partial charge >= 0.3 is 0 Å². The quantitative estimate of drug-likeness (QED) is 0.206. The minimum Gasteiger partial charge on any atom is -0.494 e. The fourth-order valence-electron chi connectivity index (χ4n) is 8.22. The Morgan fingerprint density at radius 3 is 2.28 bits per heavy atom. The summed E-state index contributed by atoms with van der Waals surface area (Å²) in [7, 11) is 0. The molecule has 0 saturated carbocycles.